The van der Waals surface area contributed by atoms with Crippen molar-refractivity contribution in [1.29, 1.82) is 0 Å². The van der Waals surface area contributed by atoms with Crippen molar-refractivity contribution in [2.24, 2.45) is 5.92 Å². The Hall–Kier alpha value is -1.72. The van der Waals surface area contributed by atoms with Crippen LogP contribution in [0.4, 0.5) is 0 Å². The Balaban J connectivity index is 1.25. The summed E-state index contributed by atoms with van der Waals surface area (Å²) in [6.07, 6.45) is 5.09. The minimum Gasteiger partial charge on any atom is -0.339 e. The Morgan fingerprint density at radius 2 is 1.84 bits per heavy atom. The first kappa shape index (κ1) is 15.5. The van der Waals surface area contributed by atoms with Crippen LogP contribution in [0.2, 0.25) is 0 Å². The first-order valence-corrected chi connectivity index (χ1v) is 9.66. The Kier molecular flexibility index (Phi) is 4.06. The predicted octanol–water partition coefficient (Wildman–Crippen LogP) is 3.04. The van der Waals surface area contributed by atoms with Crippen LogP contribution in [-0.2, 0) is 13.1 Å². The van der Waals surface area contributed by atoms with E-state index in [1.54, 1.807) is 0 Å². The molecular formula is C20H26N4O. The average Bonchev–Trinajstić information content (AvgIpc) is 3.42. The molecule has 0 radical (unpaired) electrons. The van der Waals surface area contributed by atoms with Crippen molar-refractivity contribution in [3.05, 3.63) is 47.6 Å². The lowest BCUT2D eigenvalue weighted by molar-refractivity contribution is 0.123. The summed E-state index contributed by atoms with van der Waals surface area (Å²) in [6.45, 7) is 5.41. The Morgan fingerprint density at radius 1 is 0.960 bits per heavy atom. The van der Waals surface area contributed by atoms with E-state index in [-0.39, 0.29) is 0 Å². The van der Waals surface area contributed by atoms with Gasteiger partial charge >= 0.3 is 0 Å². The van der Waals surface area contributed by atoms with Gasteiger partial charge in [-0.1, -0.05) is 35.5 Å². The molecular weight excluding hydrogens is 312 g/mol. The number of benzene rings is 1. The molecule has 1 aliphatic carbocycles. The van der Waals surface area contributed by atoms with Gasteiger partial charge in [0.25, 0.3) is 0 Å². The zero-order chi connectivity index (χ0) is 16.6. The maximum atomic E-state index is 5.43. The lowest BCUT2D eigenvalue weighted by Crippen LogP contribution is -2.43. The summed E-state index contributed by atoms with van der Waals surface area (Å²) in [7, 11) is 0. The highest BCUT2D eigenvalue weighted by Gasteiger charge is 2.35. The summed E-state index contributed by atoms with van der Waals surface area (Å²) in [5.41, 5.74) is 1.42. The second kappa shape index (κ2) is 6.54. The molecule has 3 aliphatic heterocycles. The zero-order valence-electron chi connectivity index (χ0n) is 14.7. The fraction of sp³-hybridized carbons (Fsp3) is 0.600. The summed E-state index contributed by atoms with van der Waals surface area (Å²) in [5.74, 6) is 3.04. The number of rotatable bonds is 5. The van der Waals surface area contributed by atoms with Gasteiger partial charge in [-0.2, -0.15) is 4.98 Å². The van der Waals surface area contributed by atoms with E-state index in [2.05, 4.69) is 50.3 Å². The molecule has 4 fully saturated rings. The summed E-state index contributed by atoms with van der Waals surface area (Å²) >= 11 is 0. The maximum absolute atomic E-state index is 5.43. The van der Waals surface area contributed by atoms with Gasteiger partial charge in [-0.05, 0) is 37.2 Å². The summed E-state index contributed by atoms with van der Waals surface area (Å²) in [6, 6.07) is 11.5. The molecule has 0 spiro atoms. The van der Waals surface area contributed by atoms with Crippen LogP contribution in [0.1, 0.15) is 48.9 Å². The number of hydrogen-bond acceptors (Lipinski definition) is 5. The molecule has 0 unspecified atom stereocenters. The molecule has 2 aromatic rings. The predicted molar refractivity (Wildman–Crippen MR) is 94.9 cm³/mol. The second-order valence-electron chi connectivity index (χ2n) is 8.03. The first-order valence-electron chi connectivity index (χ1n) is 9.66. The fourth-order valence-corrected chi connectivity index (χ4v) is 4.44. The number of hydrogen-bond donors (Lipinski definition) is 0. The highest BCUT2D eigenvalue weighted by Crippen LogP contribution is 2.39. The monoisotopic (exact) mass is 338 g/mol. The van der Waals surface area contributed by atoms with E-state index in [0.717, 1.165) is 43.8 Å². The van der Waals surface area contributed by atoms with Crippen molar-refractivity contribution in [2.75, 3.05) is 19.6 Å². The minimum absolute atomic E-state index is 0.544. The first-order chi connectivity index (χ1) is 12.3. The van der Waals surface area contributed by atoms with Crippen LogP contribution in [0.25, 0.3) is 0 Å². The highest BCUT2D eigenvalue weighted by molar-refractivity contribution is 5.15. The van der Waals surface area contributed by atoms with Gasteiger partial charge in [0.05, 0.1) is 6.54 Å². The molecule has 4 heterocycles. The Labute approximate surface area is 149 Å². The van der Waals surface area contributed by atoms with E-state index < -0.39 is 0 Å². The molecule has 6 rings (SSSR count). The normalized spacial score (nSPS) is 27.5. The van der Waals surface area contributed by atoms with E-state index in [1.807, 2.05) is 0 Å². The zero-order valence-corrected chi connectivity index (χ0v) is 14.7. The number of piperidine rings is 1. The molecule has 25 heavy (non-hydrogen) atoms. The lowest BCUT2D eigenvalue weighted by Gasteiger charge is -2.36. The van der Waals surface area contributed by atoms with Crippen molar-refractivity contribution >= 4 is 0 Å². The van der Waals surface area contributed by atoms with Gasteiger partial charge in [-0.25, -0.2) is 0 Å². The van der Waals surface area contributed by atoms with Crippen LogP contribution in [0.3, 0.4) is 0 Å². The van der Waals surface area contributed by atoms with Gasteiger partial charge in [0.2, 0.25) is 5.89 Å². The molecule has 1 saturated carbocycles. The van der Waals surface area contributed by atoms with Crippen molar-refractivity contribution < 1.29 is 4.52 Å². The largest absolute Gasteiger partial charge is 0.339 e. The van der Waals surface area contributed by atoms with Gasteiger partial charge in [-0.15, -0.1) is 0 Å². The lowest BCUT2D eigenvalue weighted by atomic mass is 9.94. The summed E-state index contributed by atoms with van der Waals surface area (Å²) < 4.78 is 5.43. The average molecular weight is 338 g/mol. The van der Waals surface area contributed by atoms with Crippen LogP contribution < -0.4 is 0 Å². The van der Waals surface area contributed by atoms with Gasteiger partial charge < -0.3 is 4.52 Å². The molecule has 0 amide bonds. The highest BCUT2D eigenvalue weighted by atomic mass is 16.5. The summed E-state index contributed by atoms with van der Waals surface area (Å²) in [5, 5.41) is 4.22. The Bertz CT molecular complexity index is 711. The van der Waals surface area contributed by atoms with Gasteiger partial charge in [0.1, 0.15) is 0 Å². The molecule has 1 aromatic carbocycles. The van der Waals surface area contributed by atoms with Crippen molar-refractivity contribution in [2.45, 2.75) is 50.7 Å². The SMILES string of the molecule is c1ccc(CN2C[C@H]3CC[C@@H]2CN(Cc2noc(C4CC4)n2)C3)cc1. The topological polar surface area (TPSA) is 45.4 Å². The third kappa shape index (κ3) is 3.48. The molecule has 4 aliphatic rings. The number of fused-ring (bicyclic) bond motifs is 4. The van der Waals surface area contributed by atoms with Crippen LogP contribution in [0.5, 0.6) is 0 Å². The van der Waals surface area contributed by atoms with E-state index in [1.165, 1.54) is 37.8 Å². The number of aromatic nitrogens is 2. The molecule has 0 N–H and O–H groups in total. The quantitative estimate of drug-likeness (QED) is 0.838. The molecule has 2 atom stereocenters. The Morgan fingerprint density at radius 3 is 2.68 bits per heavy atom. The van der Waals surface area contributed by atoms with Crippen molar-refractivity contribution in [3.8, 4) is 0 Å². The van der Waals surface area contributed by atoms with Gasteiger partial charge in [-0.3, -0.25) is 9.80 Å². The molecule has 5 nitrogen and oxygen atoms in total. The molecule has 3 saturated heterocycles. The van der Waals surface area contributed by atoms with E-state index in [9.17, 15) is 0 Å². The molecule has 5 heteroatoms. The summed E-state index contributed by atoms with van der Waals surface area (Å²) in [4.78, 5) is 9.86. The van der Waals surface area contributed by atoms with Crippen LogP contribution >= 0.6 is 0 Å². The third-order valence-electron chi connectivity index (χ3n) is 5.91. The van der Waals surface area contributed by atoms with Crippen LogP contribution in [0, 0.1) is 5.92 Å². The van der Waals surface area contributed by atoms with E-state index in [4.69, 9.17) is 4.52 Å². The molecule has 132 valence electrons. The standard InChI is InChI=1S/C20H26N4O/c1-2-4-15(5-3-1)11-24-12-16-6-9-18(24)13-23(10-16)14-19-21-20(25-22-19)17-7-8-17/h1-5,16-18H,6-14H2/t16-,18+/m0/s1. The van der Waals surface area contributed by atoms with Gasteiger partial charge in [0, 0.05) is 38.1 Å². The van der Waals surface area contributed by atoms with E-state index in [0.29, 0.717) is 12.0 Å². The number of nitrogens with zero attached hydrogens (tertiary/aromatic N) is 4. The molecule has 1 aromatic heterocycles. The smallest absolute Gasteiger partial charge is 0.229 e. The van der Waals surface area contributed by atoms with Crippen LogP contribution in [-0.4, -0.2) is 45.6 Å². The fourth-order valence-electron chi connectivity index (χ4n) is 4.44. The second-order valence-corrected chi connectivity index (χ2v) is 8.03. The minimum atomic E-state index is 0.544. The van der Waals surface area contributed by atoms with Crippen molar-refractivity contribution in [1.82, 2.24) is 19.9 Å². The van der Waals surface area contributed by atoms with Gasteiger partial charge in [0.15, 0.2) is 5.82 Å². The van der Waals surface area contributed by atoms with Crippen LogP contribution in [0.15, 0.2) is 34.9 Å². The maximum Gasteiger partial charge on any atom is 0.229 e. The molecule has 2 bridgehead atoms. The van der Waals surface area contributed by atoms with E-state index >= 15 is 0 Å². The third-order valence-corrected chi connectivity index (χ3v) is 5.91. The van der Waals surface area contributed by atoms with Crippen molar-refractivity contribution in [3.63, 3.8) is 0 Å².